The quantitative estimate of drug-likeness (QED) is 0.682. The smallest absolute Gasteiger partial charge is 0.338 e. The molecule has 0 bridgehead atoms. The number of esters is 1. The number of hydrogen-bond acceptors (Lipinski definition) is 5. The minimum absolute atomic E-state index is 0.000149. The molecule has 0 aromatic heterocycles. The van der Waals surface area contributed by atoms with Crippen molar-refractivity contribution in [2.24, 2.45) is 0 Å². The zero-order valence-corrected chi connectivity index (χ0v) is 18.5. The number of likely N-dealkylation sites (N-methyl/N-ethyl adjacent to an activating group) is 1. The van der Waals surface area contributed by atoms with Crippen molar-refractivity contribution < 1.29 is 23.8 Å². The van der Waals surface area contributed by atoms with Crippen molar-refractivity contribution >= 4 is 12.0 Å². The number of para-hydroxylation sites is 2. The van der Waals surface area contributed by atoms with Crippen molar-refractivity contribution in [1.29, 1.82) is 0 Å². The highest BCUT2D eigenvalue weighted by atomic mass is 16.5. The van der Waals surface area contributed by atoms with Gasteiger partial charge in [0.25, 0.3) is 0 Å². The maximum atomic E-state index is 13.0. The molecule has 1 heterocycles. The molecule has 2 aromatic carbocycles. The number of methoxy groups -OCH3 is 1. The third kappa shape index (κ3) is 4.66. The second-order valence-electron chi connectivity index (χ2n) is 7.32. The van der Waals surface area contributed by atoms with Crippen LogP contribution >= 0.6 is 0 Å². The molecule has 164 valence electrons. The topological polar surface area (TPSA) is 77.1 Å². The van der Waals surface area contributed by atoms with Crippen LogP contribution in [-0.4, -0.2) is 44.3 Å². The normalized spacial score (nSPS) is 16.1. The number of rotatable bonds is 7. The third-order valence-corrected chi connectivity index (χ3v) is 5.24. The van der Waals surface area contributed by atoms with Crippen molar-refractivity contribution in [1.82, 2.24) is 10.2 Å². The van der Waals surface area contributed by atoms with E-state index in [2.05, 4.69) is 5.32 Å². The van der Waals surface area contributed by atoms with Crippen LogP contribution in [0.15, 0.2) is 53.7 Å². The van der Waals surface area contributed by atoms with Crippen LogP contribution in [0, 0.1) is 13.8 Å². The Morgan fingerprint density at radius 2 is 1.84 bits per heavy atom. The standard InChI is InChI=1S/C24H28N2O5/c1-6-30-23(27)21-18(14-31-20-10-8-7-9-19(20)29-5)26(4)24(28)25-22(21)17-12-11-15(2)13-16(17)3/h7-13,22H,6,14H2,1-5H3,(H,25,28). The second kappa shape index (κ2) is 9.55. The van der Waals surface area contributed by atoms with E-state index in [1.54, 1.807) is 33.2 Å². The van der Waals surface area contributed by atoms with Crippen LogP contribution in [0.1, 0.15) is 29.7 Å². The van der Waals surface area contributed by atoms with Crippen molar-refractivity contribution in [3.8, 4) is 11.5 Å². The third-order valence-electron chi connectivity index (χ3n) is 5.24. The molecule has 2 aromatic rings. The number of amides is 2. The second-order valence-corrected chi connectivity index (χ2v) is 7.32. The van der Waals surface area contributed by atoms with Gasteiger partial charge in [0.2, 0.25) is 0 Å². The Balaban J connectivity index is 2.07. The molecule has 31 heavy (non-hydrogen) atoms. The van der Waals surface area contributed by atoms with Crippen LogP contribution in [0.2, 0.25) is 0 Å². The zero-order chi connectivity index (χ0) is 22.5. The molecule has 7 nitrogen and oxygen atoms in total. The number of nitrogens with one attached hydrogen (secondary N) is 1. The minimum Gasteiger partial charge on any atom is -0.493 e. The highest BCUT2D eigenvalue weighted by Crippen LogP contribution is 2.34. The maximum Gasteiger partial charge on any atom is 0.338 e. The molecule has 0 spiro atoms. The van der Waals surface area contributed by atoms with E-state index in [9.17, 15) is 9.59 Å². The average Bonchev–Trinajstić information content (AvgIpc) is 2.75. The fourth-order valence-corrected chi connectivity index (χ4v) is 3.65. The zero-order valence-electron chi connectivity index (χ0n) is 18.5. The van der Waals surface area contributed by atoms with Gasteiger partial charge in [-0.2, -0.15) is 0 Å². The predicted molar refractivity (Wildman–Crippen MR) is 117 cm³/mol. The first-order valence-corrected chi connectivity index (χ1v) is 10.1. The highest BCUT2D eigenvalue weighted by Gasteiger charge is 2.37. The number of aryl methyl sites for hydroxylation is 2. The molecule has 0 saturated heterocycles. The van der Waals surface area contributed by atoms with Crippen LogP contribution in [0.4, 0.5) is 4.79 Å². The Bertz CT molecular complexity index is 1010. The summed E-state index contributed by atoms with van der Waals surface area (Å²) in [5, 5.41) is 2.93. The summed E-state index contributed by atoms with van der Waals surface area (Å²) in [7, 11) is 3.16. The Labute approximate surface area is 182 Å². The highest BCUT2D eigenvalue weighted by molar-refractivity contribution is 5.95. The molecule has 0 saturated carbocycles. The van der Waals surface area contributed by atoms with Gasteiger partial charge in [0.1, 0.15) is 6.61 Å². The van der Waals surface area contributed by atoms with E-state index < -0.39 is 12.0 Å². The molecule has 2 amide bonds. The molecule has 0 radical (unpaired) electrons. The average molecular weight is 424 g/mol. The molecule has 7 heteroatoms. The number of urea groups is 1. The summed E-state index contributed by atoms with van der Waals surface area (Å²) in [6.45, 7) is 5.93. The lowest BCUT2D eigenvalue weighted by atomic mass is 9.91. The molecule has 1 unspecified atom stereocenters. The van der Waals surface area contributed by atoms with Gasteiger partial charge < -0.3 is 19.5 Å². The SMILES string of the molecule is CCOC(=O)C1=C(COc2ccccc2OC)N(C)C(=O)NC1c1ccc(C)cc1C. The number of carbonyl (C=O) groups excluding carboxylic acids is 2. The first-order chi connectivity index (χ1) is 14.9. The van der Waals surface area contributed by atoms with E-state index in [1.807, 2.05) is 44.2 Å². The molecular weight excluding hydrogens is 396 g/mol. The number of ether oxygens (including phenoxy) is 3. The van der Waals surface area contributed by atoms with E-state index in [-0.39, 0.29) is 19.2 Å². The Hall–Kier alpha value is -3.48. The lowest BCUT2D eigenvalue weighted by Crippen LogP contribution is -2.48. The molecule has 1 aliphatic rings. The van der Waals surface area contributed by atoms with Gasteiger partial charge in [-0.05, 0) is 44.0 Å². The fourth-order valence-electron chi connectivity index (χ4n) is 3.65. The van der Waals surface area contributed by atoms with Gasteiger partial charge in [-0.25, -0.2) is 9.59 Å². The van der Waals surface area contributed by atoms with E-state index in [0.717, 1.165) is 16.7 Å². The summed E-state index contributed by atoms with van der Waals surface area (Å²) in [6, 6.07) is 12.2. The van der Waals surface area contributed by atoms with Crippen LogP contribution in [0.3, 0.4) is 0 Å². The van der Waals surface area contributed by atoms with Crippen LogP contribution in [-0.2, 0) is 9.53 Å². The maximum absolute atomic E-state index is 13.0. The van der Waals surface area contributed by atoms with Gasteiger partial charge in [-0.3, -0.25) is 4.90 Å². The molecule has 0 aliphatic carbocycles. The monoisotopic (exact) mass is 424 g/mol. The first kappa shape index (κ1) is 22.2. The number of benzene rings is 2. The van der Waals surface area contributed by atoms with Crippen molar-refractivity contribution in [3.63, 3.8) is 0 Å². The van der Waals surface area contributed by atoms with Gasteiger partial charge in [-0.15, -0.1) is 0 Å². The summed E-state index contributed by atoms with van der Waals surface area (Å²) in [5.74, 6) is 0.593. The Kier molecular flexibility index (Phi) is 6.84. The molecule has 1 atom stereocenters. The van der Waals surface area contributed by atoms with Gasteiger partial charge in [0.05, 0.1) is 31.0 Å². The molecule has 1 N–H and O–H groups in total. The summed E-state index contributed by atoms with van der Waals surface area (Å²) in [4.78, 5) is 27.2. The van der Waals surface area contributed by atoms with Crippen molar-refractivity contribution in [2.45, 2.75) is 26.8 Å². The Morgan fingerprint density at radius 1 is 1.13 bits per heavy atom. The summed E-state index contributed by atoms with van der Waals surface area (Å²) >= 11 is 0. The van der Waals surface area contributed by atoms with Gasteiger partial charge in [0, 0.05) is 7.05 Å². The van der Waals surface area contributed by atoms with E-state index in [0.29, 0.717) is 22.8 Å². The first-order valence-electron chi connectivity index (χ1n) is 10.1. The number of carbonyl (C=O) groups is 2. The van der Waals surface area contributed by atoms with Crippen LogP contribution in [0.25, 0.3) is 0 Å². The van der Waals surface area contributed by atoms with Gasteiger partial charge in [0.15, 0.2) is 11.5 Å². The summed E-state index contributed by atoms with van der Waals surface area (Å²) < 4.78 is 16.7. The van der Waals surface area contributed by atoms with Gasteiger partial charge in [-0.1, -0.05) is 35.9 Å². The minimum atomic E-state index is -0.639. The largest absolute Gasteiger partial charge is 0.493 e. The lowest BCUT2D eigenvalue weighted by Gasteiger charge is -2.35. The van der Waals surface area contributed by atoms with Crippen LogP contribution in [0.5, 0.6) is 11.5 Å². The molecule has 0 fully saturated rings. The fraction of sp³-hybridized carbons (Fsp3) is 0.333. The van der Waals surface area contributed by atoms with Crippen LogP contribution < -0.4 is 14.8 Å². The molecule has 1 aliphatic heterocycles. The Morgan fingerprint density at radius 3 is 2.48 bits per heavy atom. The van der Waals surface area contributed by atoms with Crippen molar-refractivity contribution in [3.05, 3.63) is 70.4 Å². The summed E-state index contributed by atoms with van der Waals surface area (Å²) in [5.41, 5.74) is 3.71. The van der Waals surface area contributed by atoms with E-state index >= 15 is 0 Å². The van der Waals surface area contributed by atoms with E-state index in [1.165, 1.54) is 4.90 Å². The van der Waals surface area contributed by atoms with Crippen molar-refractivity contribution in [2.75, 3.05) is 27.4 Å². The van der Waals surface area contributed by atoms with Gasteiger partial charge >= 0.3 is 12.0 Å². The predicted octanol–water partition coefficient (Wildman–Crippen LogP) is 3.90. The molecular formula is C24H28N2O5. The molecule has 3 rings (SSSR count). The number of nitrogens with zero attached hydrogens (tertiary/aromatic N) is 1. The van der Waals surface area contributed by atoms with E-state index in [4.69, 9.17) is 14.2 Å². The summed E-state index contributed by atoms with van der Waals surface area (Å²) in [6.07, 6.45) is 0. The number of hydrogen-bond donors (Lipinski definition) is 1. The lowest BCUT2D eigenvalue weighted by molar-refractivity contribution is -0.139.